The summed E-state index contributed by atoms with van der Waals surface area (Å²) in [4.78, 5) is 4.00. The quantitative estimate of drug-likeness (QED) is 0.719. The predicted octanol–water partition coefficient (Wildman–Crippen LogP) is 4.38. The lowest BCUT2D eigenvalue weighted by Crippen LogP contribution is -1.92. The lowest BCUT2D eigenvalue weighted by atomic mass is 10.2. The Hall–Kier alpha value is -1.71. The minimum Gasteiger partial charge on any atom is -0.456 e. The average Bonchev–Trinajstić information content (AvgIpc) is 2.74. The number of nitrogens with zero attached hydrogens (tertiary/aromatic N) is 1. The number of pyridine rings is 1. The molecule has 5 heteroatoms. The molecule has 0 amide bonds. The number of halogens is 2. The topological polar surface area (TPSA) is 52.0 Å². The van der Waals surface area contributed by atoms with Crippen LogP contribution in [0.5, 0.6) is 0 Å². The highest BCUT2D eigenvalue weighted by Crippen LogP contribution is 2.32. The highest BCUT2D eigenvalue weighted by atomic mass is 35.5. The van der Waals surface area contributed by atoms with Gasteiger partial charge < -0.3 is 10.2 Å². The van der Waals surface area contributed by atoms with E-state index in [4.69, 9.17) is 33.4 Å². The van der Waals surface area contributed by atoms with Crippen molar-refractivity contribution in [3.05, 3.63) is 46.6 Å². The SMILES string of the molecule is Nc1ncc(Cl)cc1-c1cc2cc(Cl)ccc2o1. The molecule has 1 aromatic carbocycles. The summed E-state index contributed by atoms with van der Waals surface area (Å²) in [5.74, 6) is 1.00. The first-order valence-electron chi connectivity index (χ1n) is 5.24. The Labute approximate surface area is 113 Å². The third-order valence-electron chi connectivity index (χ3n) is 2.63. The van der Waals surface area contributed by atoms with E-state index in [-0.39, 0.29) is 0 Å². The molecule has 0 atom stereocenters. The molecule has 3 rings (SSSR count). The van der Waals surface area contributed by atoms with Crippen LogP contribution < -0.4 is 5.73 Å². The molecule has 0 unspecified atom stereocenters. The van der Waals surface area contributed by atoms with E-state index in [0.29, 0.717) is 27.2 Å². The van der Waals surface area contributed by atoms with Crippen molar-refractivity contribution in [2.45, 2.75) is 0 Å². The van der Waals surface area contributed by atoms with Crippen LogP contribution in [0.1, 0.15) is 0 Å². The number of fused-ring (bicyclic) bond motifs is 1. The maximum absolute atomic E-state index is 5.93. The van der Waals surface area contributed by atoms with Crippen molar-refractivity contribution in [2.75, 3.05) is 5.73 Å². The Kier molecular flexibility index (Phi) is 2.65. The van der Waals surface area contributed by atoms with Gasteiger partial charge in [0, 0.05) is 16.6 Å². The zero-order valence-corrected chi connectivity index (χ0v) is 10.7. The minimum absolute atomic E-state index is 0.379. The third-order valence-corrected chi connectivity index (χ3v) is 3.07. The molecule has 3 aromatic rings. The summed E-state index contributed by atoms with van der Waals surface area (Å²) in [5.41, 5.74) is 7.24. The van der Waals surface area contributed by atoms with Crippen molar-refractivity contribution in [3.63, 3.8) is 0 Å². The Bertz CT molecular complexity index is 737. The first kappa shape index (κ1) is 11.4. The normalized spacial score (nSPS) is 11.0. The van der Waals surface area contributed by atoms with Gasteiger partial charge in [-0.15, -0.1) is 0 Å². The van der Waals surface area contributed by atoms with Gasteiger partial charge in [0.15, 0.2) is 0 Å². The minimum atomic E-state index is 0.379. The Morgan fingerprint density at radius 1 is 1.06 bits per heavy atom. The molecule has 0 saturated carbocycles. The monoisotopic (exact) mass is 278 g/mol. The summed E-state index contributed by atoms with van der Waals surface area (Å²) in [6.45, 7) is 0. The number of hydrogen-bond donors (Lipinski definition) is 1. The second-order valence-electron chi connectivity index (χ2n) is 3.88. The van der Waals surface area contributed by atoms with Gasteiger partial charge in [-0.3, -0.25) is 0 Å². The van der Waals surface area contributed by atoms with E-state index in [1.807, 2.05) is 18.2 Å². The van der Waals surface area contributed by atoms with Crippen molar-refractivity contribution in [3.8, 4) is 11.3 Å². The van der Waals surface area contributed by atoms with Gasteiger partial charge in [0.2, 0.25) is 0 Å². The number of hydrogen-bond acceptors (Lipinski definition) is 3. The number of aromatic nitrogens is 1. The summed E-state index contributed by atoms with van der Waals surface area (Å²) in [6.07, 6.45) is 1.50. The lowest BCUT2D eigenvalue weighted by Gasteiger charge is -2.00. The van der Waals surface area contributed by atoms with Crippen LogP contribution in [0.15, 0.2) is 40.9 Å². The van der Waals surface area contributed by atoms with Crippen LogP contribution in [-0.4, -0.2) is 4.98 Å². The Morgan fingerprint density at radius 3 is 2.72 bits per heavy atom. The van der Waals surface area contributed by atoms with Crippen LogP contribution in [0.4, 0.5) is 5.82 Å². The van der Waals surface area contributed by atoms with Crippen molar-refractivity contribution in [2.24, 2.45) is 0 Å². The smallest absolute Gasteiger partial charge is 0.139 e. The predicted molar refractivity (Wildman–Crippen MR) is 73.9 cm³/mol. The molecule has 0 aliphatic rings. The molecule has 0 bridgehead atoms. The molecule has 18 heavy (non-hydrogen) atoms. The van der Waals surface area contributed by atoms with E-state index >= 15 is 0 Å². The largest absolute Gasteiger partial charge is 0.456 e. The molecule has 0 saturated heterocycles. The van der Waals surface area contributed by atoms with Gasteiger partial charge in [-0.2, -0.15) is 0 Å². The highest BCUT2D eigenvalue weighted by Gasteiger charge is 2.11. The third kappa shape index (κ3) is 1.92. The Morgan fingerprint density at radius 2 is 1.89 bits per heavy atom. The lowest BCUT2D eigenvalue weighted by molar-refractivity contribution is 0.631. The van der Waals surface area contributed by atoms with Crippen molar-refractivity contribution in [1.82, 2.24) is 4.98 Å². The maximum Gasteiger partial charge on any atom is 0.139 e. The molecular formula is C13H8Cl2N2O. The van der Waals surface area contributed by atoms with E-state index in [1.165, 1.54) is 6.20 Å². The fourth-order valence-electron chi connectivity index (χ4n) is 1.79. The number of anilines is 1. The van der Waals surface area contributed by atoms with E-state index in [9.17, 15) is 0 Å². The van der Waals surface area contributed by atoms with E-state index in [0.717, 1.165) is 11.0 Å². The fourth-order valence-corrected chi connectivity index (χ4v) is 2.13. The summed E-state index contributed by atoms with van der Waals surface area (Å²) in [6, 6.07) is 9.01. The van der Waals surface area contributed by atoms with Gasteiger partial charge in [0.05, 0.1) is 10.6 Å². The van der Waals surface area contributed by atoms with Crippen LogP contribution in [0.3, 0.4) is 0 Å². The van der Waals surface area contributed by atoms with Crippen LogP contribution in [0.25, 0.3) is 22.3 Å². The molecular weight excluding hydrogens is 271 g/mol. The molecule has 0 spiro atoms. The number of benzene rings is 1. The first-order chi connectivity index (χ1) is 8.63. The van der Waals surface area contributed by atoms with E-state index in [1.54, 1.807) is 12.1 Å². The molecule has 0 fully saturated rings. The van der Waals surface area contributed by atoms with Gasteiger partial charge in [-0.05, 0) is 30.3 Å². The second kappa shape index (κ2) is 4.19. The molecule has 0 aliphatic carbocycles. The van der Waals surface area contributed by atoms with Gasteiger partial charge in [-0.1, -0.05) is 23.2 Å². The van der Waals surface area contributed by atoms with Crippen molar-refractivity contribution in [1.29, 1.82) is 0 Å². The number of nitrogens with two attached hydrogens (primary N) is 1. The molecule has 2 heterocycles. The van der Waals surface area contributed by atoms with E-state index < -0.39 is 0 Å². The average molecular weight is 279 g/mol. The number of furan rings is 1. The zero-order valence-electron chi connectivity index (χ0n) is 9.15. The van der Waals surface area contributed by atoms with Crippen LogP contribution in [-0.2, 0) is 0 Å². The first-order valence-corrected chi connectivity index (χ1v) is 5.99. The Balaban J connectivity index is 2.22. The van der Waals surface area contributed by atoms with Crippen LogP contribution >= 0.6 is 23.2 Å². The van der Waals surface area contributed by atoms with Crippen molar-refractivity contribution < 1.29 is 4.42 Å². The van der Waals surface area contributed by atoms with Crippen LogP contribution in [0.2, 0.25) is 10.0 Å². The highest BCUT2D eigenvalue weighted by molar-refractivity contribution is 6.31. The molecule has 2 N–H and O–H groups in total. The summed E-state index contributed by atoms with van der Waals surface area (Å²) >= 11 is 11.8. The van der Waals surface area contributed by atoms with Gasteiger partial charge in [-0.25, -0.2) is 4.98 Å². The molecule has 0 radical (unpaired) electrons. The van der Waals surface area contributed by atoms with Crippen molar-refractivity contribution >= 4 is 40.0 Å². The molecule has 2 aromatic heterocycles. The fraction of sp³-hybridized carbons (Fsp3) is 0. The molecule has 0 aliphatic heterocycles. The van der Waals surface area contributed by atoms with Gasteiger partial charge in [0.1, 0.15) is 17.2 Å². The molecule has 3 nitrogen and oxygen atoms in total. The number of rotatable bonds is 1. The van der Waals surface area contributed by atoms with Crippen LogP contribution in [0, 0.1) is 0 Å². The maximum atomic E-state index is 5.93. The van der Waals surface area contributed by atoms with Gasteiger partial charge >= 0.3 is 0 Å². The van der Waals surface area contributed by atoms with E-state index in [2.05, 4.69) is 4.98 Å². The summed E-state index contributed by atoms with van der Waals surface area (Å²) in [5, 5.41) is 2.08. The molecule has 90 valence electrons. The second-order valence-corrected chi connectivity index (χ2v) is 4.75. The summed E-state index contributed by atoms with van der Waals surface area (Å²) in [7, 11) is 0. The standard InChI is InChI=1S/C13H8Cl2N2O/c14-8-1-2-11-7(3-8)4-12(18-11)10-5-9(15)6-17-13(10)16/h1-6H,(H2,16,17). The zero-order chi connectivity index (χ0) is 12.7. The van der Waals surface area contributed by atoms with Gasteiger partial charge in [0.25, 0.3) is 0 Å². The number of nitrogen functional groups attached to an aromatic ring is 1. The summed E-state index contributed by atoms with van der Waals surface area (Å²) < 4.78 is 5.71.